The quantitative estimate of drug-likeness (QED) is 0.741. The molecule has 164 valence electrons. The van der Waals surface area contributed by atoms with Gasteiger partial charge in [-0.3, -0.25) is 9.59 Å². The molecule has 3 fully saturated rings. The Morgan fingerprint density at radius 3 is 2.33 bits per heavy atom. The lowest BCUT2D eigenvalue weighted by molar-refractivity contribution is -0.149. The van der Waals surface area contributed by atoms with E-state index in [1.54, 1.807) is 0 Å². The number of amides is 2. The second kappa shape index (κ2) is 8.16. The normalized spacial score (nSPS) is 26.8. The highest BCUT2D eigenvalue weighted by molar-refractivity contribution is 6.30. The van der Waals surface area contributed by atoms with Crippen molar-refractivity contribution in [2.75, 3.05) is 13.1 Å². The molecule has 4 rings (SSSR count). The molecular formula is C24H33ClN2O3. The van der Waals surface area contributed by atoms with Crippen LogP contribution < -0.4 is 5.32 Å². The average Bonchev–Trinajstić information content (AvgIpc) is 3.28. The molecule has 1 spiro atoms. The standard InChI is InChI=1S/C24H33ClN2O3/c1-16(2)20(26-21(28)17-5-3-4-6-17)22(29)27-14-13-24(30,23(15-27)11-12-23)18-7-9-19(25)10-8-18/h7-10,16-17,20,30H,3-6,11-15H2,1-2H3,(H,26,28)/t20-,24?/m1/s1. The van der Waals surface area contributed by atoms with Crippen LogP contribution in [-0.4, -0.2) is 41.0 Å². The van der Waals surface area contributed by atoms with Gasteiger partial charge in [-0.2, -0.15) is 0 Å². The predicted octanol–water partition coefficient (Wildman–Crippen LogP) is 3.87. The molecule has 3 aliphatic rings. The fourth-order valence-corrected chi connectivity index (χ4v) is 5.52. The van der Waals surface area contributed by atoms with Crippen LogP contribution in [0.4, 0.5) is 0 Å². The highest BCUT2D eigenvalue weighted by atomic mass is 35.5. The Hall–Kier alpha value is -1.59. The Morgan fingerprint density at radius 2 is 1.77 bits per heavy atom. The molecule has 6 heteroatoms. The van der Waals surface area contributed by atoms with Gasteiger partial charge in [-0.15, -0.1) is 0 Å². The topological polar surface area (TPSA) is 69.6 Å². The first-order valence-electron chi connectivity index (χ1n) is 11.3. The number of nitrogens with zero attached hydrogens (tertiary/aromatic N) is 1. The Kier molecular flexibility index (Phi) is 5.88. The van der Waals surface area contributed by atoms with Gasteiger partial charge in [0.2, 0.25) is 11.8 Å². The van der Waals surface area contributed by atoms with Crippen LogP contribution in [0.5, 0.6) is 0 Å². The molecule has 0 radical (unpaired) electrons. The number of hydrogen-bond acceptors (Lipinski definition) is 3. The molecule has 1 unspecified atom stereocenters. The molecule has 0 aromatic heterocycles. The SMILES string of the molecule is CC(C)[C@@H](NC(=O)C1CCCC1)C(=O)N1CCC(O)(c2ccc(Cl)cc2)C2(CC2)C1. The minimum Gasteiger partial charge on any atom is -0.384 e. The van der Waals surface area contributed by atoms with Gasteiger partial charge in [0, 0.05) is 29.4 Å². The van der Waals surface area contributed by atoms with Crippen LogP contribution in [0.25, 0.3) is 0 Å². The minimum absolute atomic E-state index is 0.0132. The summed E-state index contributed by atoms with van der Waals surface area (Å²) >= 11 is 6.03. The van der Waals surface area contributed by atoms with Crippen LogP contribution in [-0.2, 0) is 15.2 Å². The molecule has 2 N–H and O–H groups in total. The molecule has 1 heterocycles. The van der Waals surface area contributed by atoms with E-state index in [4.69, 9.17) is 11.6 Å². The van der Waals surface area contributed by atoms with Crippen molar-refractivity contribution < 1.29 is 14.7 Å². The molecule has 1 aromatic rings. The molecule has 2 amide bonds. The maximum Gasteiger partial charge on any atom is 0.245 e. The molecule has 5 nitrogen and oxygen atoms in total. The monoisotopic (exact) mass is 432 g/mol. The number of aliphatic hydroxyl groups is 1. The van der Waals surface area contributed by atoms with E-state index in [1.165, 1.54) is 0 Å². The molecule has 0 bridgehead atoms. The summed E-state index contributed by atoms with van der Waals surface area (Å²) in [5, 5.41) is 15.3. The van der Waals surface area contributed by atoms with Crippen LogP contribution in [0.1, 0.15) is 64.4 Å². The molecule has 1 aromatic carbocycles. The molecule has 2 atom stereocenters. The van der Waals surface area contributed by atoms with E-state index < -0.39 is 11.6 Å². The molecule has 2 saturated carbocycles. The number of carbonyl (C=O) groups is 2. The van der Waals surface area contributed by atoms with Crippen molar-refractivity contribution in [3.05, 3.63) is 34.9 Å². The van der Waals surface area contributed by atoms with Gasteiger partial charge in [-0.1, -0.05) is 50.4 Å². The second-order valence-electron chi connectivity index (χ2n) is 9.87. The summed E-state index contributed by atoms with van der Waals surface area (Å²) in [6.45, 7) is 4.99. The Labute approximate surface area is 184 Å². The number of hydrogen-bond donors (Lipinski definition) is 2. The predicted molar refractivity (Wildman–Crippen MR) is 117 cm³/mol. The summed E-state index contributed by atoms with van der Waals surface area (Å²) in [6, 6.07) is 6.93. The number of rotatable bonds is 5. The van der Waals surface area contributed by atoms with Crippen molar-refractivity contribution in [3.63, 3.8) is 0 Å². The van der Waals surface area contributed by atoms with E-state index >= 15 is 0 Å². The molecule has 1 aliphatic heterocycles. The van der Waals surface area contributed by atoms with E-state index in [0.29, 0.717) is 24.5 Å². The summed E-state index contributed by atoms with van der Waals surface area (Å²) in [7, 11) is 0. The van der Waals surface area contributed by atoms with Crippen molar-refractivity contribution in [1.82, 2.24) is 10.2 Å². The van der Waals surface area contributed by atoms with Crippen LogP contribution in [0.2, 0.25) is 5.02 Å². The maximum absolute atomic E-state index is 13.4. The van der Waals surface area contributed by atoms with E-state index in [-0.39, 0.29) is 29.1 Å². The third-order valence-corrected chi connectivity index (χ3v) is 7.81. The second-order valence-corrected chi connectivity index (χ2v) is 10.3. The first-order chi connectivity index (χ1) is 14.3. The third-order valence-electron chi connectivity index (χ3n) is 7.56. The fourth-order valence-electron chi connectivity index (χ4n) is 5.39. The van der Waals surface area contributed by atoms with Gasteiger partial charge in [-0.25, -0.2) is 0 Å². The summed E-state index contributed by atoms with van der Waals surface area (Å²) in [4.78, 5) is 28.0. The smallest absolute Gasteiger partial charge is 0.245 e. The summed E-state index contributed by atoms with van der Waals surface area (Å²) in [5.74, 6) is 0.0800. The molecule has 30 heavy (non-hydrogen) atoms. The number of benzene rings is 1. The van der Waals surface area contributed by atoms with Crippen molar-refractivity contribution in [2.45, 2.75) is 70.4 Å². The van der Waals surface area contributed by atoms with E-state index in [1.807, 2.05) is 43.0 Å². The van der Waals surface area contributed by atoms with Crippen LogP contribution in [0, 0.1) is 17.3 Å². The van der Waals surface area contributed by atoms with Gasteiger partial charge in [0.1, 0.15) is 6.04 Å². The number of carbonyl (C=O) groups excluding carboxylic acids is 2. The molecule has 1 saturated heterocycles. The van der Waals surface area contributed by atoms with Crippen molar-refractivity contribution in [2.24, 2.45) is 17.3 Å². The van der Waals surface area contributed by atoms with Gasteiger partial charge >= 0.3 is 0 Å². The zero-order valence-corrected chi connectivity index (χ0v) is 18.8. The van der Waals surface area contributed by atoms with Gasteiger partial charge in [0.25, 0.3) is 0 Å². The third kappa shape index (κ3) is 3.87. The van der Waals surface area contributed by atoms with Gasteiger partial charge in [0.15, 0.2) is 0 Å². The van der Waals surface area contributed by atoms with Crippen LogP contribution in [0.3, 0.4) is 0 Å². The first-order valence-corrected chi connectivity index (χ1v) is 11.7. The minimum atomic E-state index is -0.936. The highest BCUT2D eigenvalue weighted by Crippen LogP contribution is 2.62. The lowest BCUT2D eigenvalue weighted by atomic mass is 9.73. The molecular weight excluding hydrogens is 400 g/mol. The Bertz CT molecular complexity index is 799. The summed E-state index contributed by atoms with van der Waals surface area (Å²) in [6.07, 6.45) is 6.33. The zero-order chi connectivity index (χ0) is 21.5. The summed E-state index contributed by atoms with van der Waals surface area (Å²) < 4.78 is 0. The summed E-state index contributed by atoms with van der Waals surface area (Å²) in [5.41, 5.74) is -0.355. The number of likely N-dealkylation sites (tertiary alicyclic amines) is 1. The fraction of sp³-hybridized carbons (Fsp3) is 0.667. The number of halogens is 1. The van der Waals surface area contributed by atoms with Crippen molar-refractivity contribution >= 4 is 23.4 Å². The highest BCUT2D eigenvalue weighted by Gasteiger charge is 2.62. The van der Waals surface area contributed by atoms with E-state index in [9.17, 15) is 14.7 Å². The van der Waals surface area contributed by atoms with Crippen LogP contribution >= 0.6 is 11.6 Å². The van der Waals surface area contributed by atoms with Gasteiger partial charge in [0.05, 0.1) is 5.60 Å². The maximum atomic E-state index is 13.4. The number of nitrogens with one attached hydrogen (secondary N) is 1. The Balaban J connectivity index is 1.47. The van der Waals surface area contributed by atoms with Crippen LogP contribution in [0.15, 0.2) is 24.3 Å². The van der Waals surface area contributed by atoms with Gasteiger partial charge in [-0.05, 0) is 55.7 Å². The largest absolute Gasteiger partial charge is 0.384 e. The zero-order valence-electron chi connectivity index (χ0n) is 18.0. The Morgan fingerprint density at radius 1 is 1.13 bits per heavy atom. The van der Waals surface area contributed by atoms with Crippen molar-refractivity contribution in [1.29, 1.82) is 0 Å². The first kappa shape index (κ1) is 21.6. The van der Waals surface area contributed by atoms with E-state index in [2.05, 4.69) is 5.32 Å². The number of piperidine rings is 1. The lowest BCUT2D eigenvalue weighted by Gasteiger charge is -2.47. The van der Waals surface area contributed by atoms with Gasteiger partial charge < -0.3 is 15.3 Å². The lowest BCUT2D eigenvalue weighted by Crippen LogP contribution is -2.58. The van der Waals surface area contributed by atoms with Crippen molar-refractivity contribution in [3.8, 4) is 0 Å². The molecule has 2 aliphatic carbocycles. The average molecular weight is 433 g/mol. The van der Waals surface area contributed by atoms with E-state index in [0.717, 1.165) is 44.1 Å².